The summed E-state index contributed by atoms with van der Waals surface area (Å²) in [7, 11) is 0. The highest BCUT2D eigenvalue weighted by molar-refractivity contribution is 7.99. The van der Waals surface area contributed by atoms with Gasteiger partial charge in [-0.15, -0.1) is 0 Å². The van der Waals surface area contributed by atoms with Crippen LogP contribution in [0.2, 0.25) is 0 Å². The van der Waals surface area contributed by atoms with Gasteiger partial charge in [-0.25, -0.2) is 4.39 Å². The minimum atomic E-state index is -0.817. The molecule has 44 heavy (non-hydrogen) atoms. The first-order chi connectivity index (χ1) is 21.1. The van der Waals surface area contributed by atoms with Gasteiger partial charge in [0.1, 0.15) is 17.6 Å². The van der Waals surface area contributed by atoms with E-state index in [0.29, 0.717) is 36.8 Å². The number of nitrogens with zero attached hydrogens (tertiary/aromatic N) is 3. The average molecular weight is 628 g/mol. The standard InChI is InChI=1S/C33H46FN5O4S/c1-5-29(41)36-30(33(43)38-15-17-44-18-16-38)22(4)24-11-12-25(26(34)19-24)20-28(40)31(23-9-7-21(3)8-10-23)37-32(42)27-13-14-35-39(27)6-2/h11-14,19,21-23,30-31H,5-10,15-18,20H2,1-4H3,(H,36,41)(H,37,42)/t21?,22-,23?,30+,31-/m0/s1. The Bertz CT molecular complexity index is 1320. The maximum atomic E-state index is 15.6. The number of thioether (sulfide) groups is 1. The molecule has 1 saturated heterocycles. The lowest BCUT2D eigenvalue weighted by Gasteiger charge is -2.33. The predicted octanol–water partition coefficient (Wildman–Crippen LogP) is 4.35. The summed E-state index contributed by atoms with van der Waals surface area (Å²) in [6.07, 6.45) is 5.22. The maximum Gasteiger partial charge on any atom is 0.270 e. The van der Waals surface area contributed by atoms with E-state index in [2.05, 4.69) is 22.7 Å². The molecule has 1 aromatic carbocycles. The molecule has 2 aromatic rings. The summed E-state index contributed by atoms with van der Waals surface area (Å²) in [4.78, 5) is 54.5. The van der Waals surface area contributed by atoms with E-state index in [0.717, 1.165) is 37.2 Å². The van der Waals surface area contributed by atoms with Crippen LogP contribution in [0.25, 0.3) is 0 Å². The molecule has 2 N–H and O–H groups in total. The molecular formula is C33H46FN5O4S. The molecule has 1 aliphatic heterocycles. The Morgan fingerprint density at radius 1 is 1.05 bits per heavy atom. The van der Waals surface area contributed by atoms with Crippen LogP contribution in [0.3, 0.4) is 0 Å². The van der Waals surface area contributed by atoms with Gasteiger partial charge in [0.05, 0.1) is 6.04 Å². The molecule has 0 spiro atoms. The molecular weight excluding hydrogens is 581 g/mol. The number of amides is 3. The van der Waals surface area contributed by atoms with Crippen LogP contribution in [0, 0.1) is 17.7 Å². The lowest BCUT2D eigenvalue weighted by Crippen LogP contribution is -2.52. The Morgan fingerprint density at radius 3 is 2.39 bits per heavy atom. The number of benzene rings is 1. The number of aryl methyl sites for hydroxylation is 1. The van der Waals surface area contributed by atoms with E-state index in [-0.39, 0.29) is 47.8 Å². The van der Waals surface area contributed by atoms with Crippen molar-refractivity contribution in [3.05, 3.63) is 53.1 Å². The van der Waals surface area contributed by atoms with Gasteiger partial charge in [-0.2, -0.15) is 16.9 Å². The molecule has 0 radical (unpaired) electrons. The molecule has 0 bridgehead atoms. The van der Waals surface area contributed by atoms with Crippen LogP contribution in [0.5, 0.6) is 0 Å². The first-order valence-corrected chi connectivity index (χ1v) is 17.1. The molecule has 0 unspecified atom stereocenters. The van der Waals surface area contributed by atoms with Gasteiger partial charge in [-0.05, 0) is 54.9 Å². The van der Waals surface area contributed by atoms with E-state index in [4.69, 9.17) is 0 Å². The third-order valence-corrected chi connectivity index (χ3v) is 10.1. The van der Waals surface area contributed by atoms with Crippen molar-refractivity contribution >= 4 is 35.3 Å². The van der Waals surface area contributed by atoms with Gasteiger partial charge in [-0.1, -0.05) is 45.7 Å². The fourth-order valence-electron chi connectivity index (χ4n) is 6.21. The van der Waals surface area contributed by atoms with Gasteiger partial charge in [0.15, 0.2) is 5.78 Å². The van der Waals surface area contributed by atoms with Gasteiger partial charge in [0.2, 0.25) is 11.8 Å². The van der Waals surface area contributed by atoms with Crippen LogP contribution in [0.1, 0.15) is 87.3 Å². The molecule has 3 atom stereocenters. The second kappa shape index (κ2) is 15.7. The fraction of sp³-hybridized carbons (Fsp3) is 0.606. The van der Waals surface area contributed by atoms with Crippen molar-refractivity contribution in [3.63, 3.8) is 0 Å². The normalized spacial score (nSPS) is 20.8. The fourth-order valence-corrected chi connectivity index (χ4v) is 7.11. The highest BCUT2D eigenvalue weighted by atomic mass is 32.2. The van der Waals surface area contributed by atoms with Gasteiger partial charge in [0, 0.05) is 56.1 Å². The van der Waals surface area contributed by atoms with Crippen molar-refractivity contribution in [2.24, 2.45) is 11.8 Å². The van der Waals surface area contributed by atoms with E-state index in [1.54, 1.807) is 52.7 Å². The third kappa shape index (κ3) is 8.28. The van der Waals surface area contributed by atoms with Crippen molar-refractivity contribution in [1.29, 1.82) is 0 Å². The van der Waals surface area contributed by atoms with Gasteiger partial charge in [0.25, 0.3) is 5.91 Å². The minimum Gasteiger partial charge on any atom is -0.344 e. The lowest BCUT2D eigenvalue weighted by molar-refractivity contribution is -0.136. The monoisotopic (exact) mass is 627 g/mol. The van der Waals surface area contributed by atoms with Crippen molar-refractivity contribution in [2.45, 2.75) is 90.8 Å². The van der Waals surface area contributed by atoms with Crippen molar-refractivity contribution < 1.29 is 23.6 Å². The summed E-state index contributed by atoms with van der Waals surface area (Å²) in [5.41, 5.74) is 1.20. The molecule has 2 heterocycles. The van der Waals surface area contributed by atoms with Crippen molar-refractivity contribution in [1.82, 2.24) is 25.3 Å². The molecule has 2 aliphatic rings. The lowest BCUT2D eigenvalue weighted by atomic mass is 9.77. The summed E-state index contributed by atoms with van der Waals surface area (Å²) >= 11 is 1.79. The van der Waals surface area contributed by atoms with Crippen LogP contribution in [-0.2, 0) is 27.3 Å². The first-order valence-electron chi connectivity index (χ1n) is 15.9. The van der Waals surface area contributed by atoms with E-state index in [1.807, 2.05) is 13.8 Å². The van der Waals surface area contributed by atoms with Gasteiger partial charge < -0.3 is 15.5 Å². The zero-order chi connectivity index (χ0) is 31.8. The molecule has 240 valence electrons. The quantitative estimate of drug-likeness (QED) is 0.362. The summed E-state index contributed by atoms with van der Waals surface area (Å²) in [6, 6.07) is 4.77. The Balaban J connectivity index is 1.52. The second-order valence-corrected chi connectivity index (χ2v) is 13.3. The van der Waals surface area contributed by atoms with Crippen LogP contribution in [0.4, 0.5) is 4.39 Å². The molecule has 1 aromatic heterocycles. The van der Waals surface area contributed by atoms with Crippen molar-refractivity contribution in [2.75, 3.05) is 24.6 Å². The number of rotatable bonds is 12. The van der Waals surface area contributed by atoms with E-state index in [9.17, 15) is 19.2 Å². The highest BCUT2D eigenvalue weighted by Crippen LogP contribution is 2.32. The molecule has 9 nitrogen and oxygen atoms in total. The molecule has 4 rings (SSSR count). The Labute approximate surface area is 264 Å². The second-order valence-electron chi connectivity index (χ2n) is 12.1. The van der Waals surface area contributed by atoms with E-state index < -0.39 is 23.8 Å². The molecule has 11 heteroatoms. The third-order valence-electron chi connectivity index (χ3n) is 9.11. The Hall–Kier alpha value is -3.21. The molecule has 2 fully saturated rings. The number of halogens is 1. The summed E-state index contributed by atoms with van der Waals surface area (Å²) in [6.45, 7) is 9.38. The van der Waals surface area contributed by atoms with Crippen LogP contribution in [0.15, 0.2) is 30.5 Å². The predicted molar refractivity (Wildman–Crippen MR) is 170 cm³/mol. The first kappa shape index (κ1) is 33.7. The van der Waals surface area contributed by atoms with Crippen LogP contribution in [-0.4, -0.2) is 74.9 Å². The number of ketones is 1. The van der Waals surface area contributed by atoms with Gasteiger partial charge in [-0.3, -0.25) is 23.9 Å². The van der Waals surface area contributed by atoms with E-state index >= 15 is 4.39 Å². The Morgan fingerprint density at radius 2 is 1.75 bits per heavy atom. The number of hydrogen-bond acceptors (Lipinski definition) is 6. The number of aromatic nitrogens is 2. The largest absolute Gasteiger partial charge is 0.344 e. The van der Waals surface area contributed by atoms with Gasteiger partial charge >= 0.3 is 0 Å². The Kier molecular flexibility index (Phi) is 12.0. The van der Waals surface area contributed by atoms with Crippen LogP contribution >= 0.6 is 11.8 Å². The smallest absolute Gasteiger partial charge is 0.270 e. The summed E-state index contributed by atoms with van der Waals surface area (Å²) < 4.78 is 17.2. The SMILES string of the molecule is CCC(=O)N[C@@H](C(=O)N1CCSCC1)[C@@H](C)c1ccc(CC(=O)[C@@H](NC(=O)c2ccnn2CC)C2CCC(C)CC2)c(F)c1. The number of hydrogen-bond donors (Lipinski definition) is 2. The highest BCUT2D eigenvalue weighted by Gasteiger charge is 2.35. The van der Waals surface area contributed by atoms with Crippen molar-refractivity contribution in [3.8, 4) is 0 Å². The average Bonchev–Trinajstić information content (AvgIpc) is 3.53. The molecule has 3 amide bonds. The number of Topliss-reactive ketones (excluding diaryl/α,β-unsaturated/α-hetero) is 1. The number of nitrogens with one attached hydrogen (secondary N) is 2. The van der Waals surface area contributed by atoms with E-state index in [1.165, 1.54) is 6.07 Å². The van der Waals surface area contributed by atoms with Crippen LogP contribution < -0.4 is 10.6 Å². The zero-order valence-corrected chi connectivity index (χ0v) is 27.1. The number of carbonyl (C=O) groups is 4. The zero-order valence-electron chi connectivity index (χ0n) is 26.3. The maximum absolute atomic E-state index is 15.6. The molecule has 1 saturated carbocycles. The summed E-state index contributed by atoms with van der Waals surface area (Å²) in [5, 5.41) is 10.0. The topological polar surface area (TPSA) is 113 Å². The minimum absolute atomic E-state index is 0.0230. The molecule has 1 aliphatic carbocycles. The summed E-state index contributed by atoms with van der Waals surface area (Å²) in [5.74, 6) is 0.214. The number of carbonyl (C=O) groups excluding carboxylic acids is 4.